The molecule has 0 unspecified atom stereocenters. The highest BCUT2D eigenvalue weighted by Crippen LogP contribution is 2.38. The number of carbonyl (C=O) groups excluding carboxylic acids is 2. The standard InChI is InChI=1S/C30H43NO5Si/c1-29(2,3)36-28(33)31-23(20-21-27(32)34-7)18-19-24(31)22-35-37(30(4,5)6,25-14-10-8-11-15-25)26-16-12-9-13-17-26/h8-17,23-24H,18-22H2,1-7H3/t23-,24-/m0/s1. The molecular formula is C30H43NO5Si. The van der Waals surface area contributed by atoms with Gasteiger partial charge in [-0.2, -0.15) is 0 Å². The molecule has 0 aromatic heterocycles. The van der Waals surface area contributed by atoms with E-state index in [1.807, 2.05) is 37.8 Å². The van der Waals surface area contributed by atoms with E-state index in [1.165, 1.54) is 17.5 Å². The molecule has 1 saturated heterocycles. The van der Waals surface area contributed by atoms with E-state index in [4.69, 9.17) is 13.9 Å². The fraction of sp³-hybridized carbons (Fsp3) is 0.533. The van der Waals surface area contributed by atoms with Crippen molar-refractivity contribution in [3.8, 4) is 0 Å². The van der Waals surface area contributed by atoms with E-state index in [1.54, 1.807) is 0 Å². The minimum Gasteiger partial charge on any atom is -0.469 e. The van der Waals surface area contributed by atoms with Crippen LogP contribution in [0.4, 0.5) is 4.79 Å². The van der Waals surface area contributed by atoms with E-state index in [-0.39, 0.29) is 35.6 Å². The molecule has 1 heterocycles. The third kappa shape index (κ3) is 6.82. The molecular weight excluding hydrogens is 482 g/mol. The van der Waals surface area contributed by atoms with Gasteiger partial charge in [0.1, 0.15) is 5.60 Å². The van der Waals surface area contributed by atoms with Crippen LogP contribution in [-0.2, 0) is 18.7 Å². The summed E-state index contributed by atoms with van der Waals surface area (Å²) in [5.41, 5.74) is -0.615. The maximum Gasteiger partial charge on any atom is 0.410 e. The summed E-state index contributed by atoms with van der Waals surface area (Å²) in [7, 11) is -1.35. The molecule has 0 spiro atoms. The van der Waals surface area contributed by atoms with E-state index < -0.39 is 13.9 Å². The first-order chi connectivity index (χ1) is 17.4. The molecule has 3 rings (SSSR count). The predicted molar refractivity (Wildman–Crippen MR) is 150 cm³/mol. The van der Waals surface area contributed by atoms with Gasteiger partial charge in [-0.1, -0.05) is 81.4 Å². The molecule has 0 aliphatic carbocycles. The summed E-state index contributed by atoms with van der Waals surface area (Å²) in [5, 5.41) is 2.26. The molecule has 0 radical (unpaired) electrons. The van der Waals surface area contributed by atoms with Crippen molar-refractivity contribution in [1.29, 1.82) is 0 Å². The Morgan fingerprint density at radius 3 is 1.84 bits per heavy atom. The molecule has 37 heavy (non-hydrogen) atoms. The first kappa shape index (κ1) is 28.9. The van der Waals surface area contributed by atoms with Crippen LogP contribution in [0.5, 0.6) is 0 Å². The van der Waals surface area contributed by atoms with Gasteiger partial charge in [0.2, 0.25) is 0 Å². The van der Waals surface area contributed by atoms with Crippen LogP contribution in [0.3, 0.4) is 0 Å². The molecule has 1 fully saturated rings. The summed E-state index contributed by atoms with van der Waals surface area (Å²) >= 11 is 0. The van der Waals surface area contributed by atoms with Gasteiger partial charge in [-0.25, -0.2) is 4.79 Å². The normalized spacial score (nSPS) is 18.5. The molecule has 7 heteroatoms. The van der Waals surface area contributed by atoms with Gasteiger partial charge in [-0.05, 0) is 55.4 Å². The number of rotatable bonds is 8. The van der Waals surface area contributed by atoms with E-state index in [9.17, 15) is 9.59 Å². The van der Waals surface area contributed by atoms with Gasteiger partial charge in [0.05, 0.1) is 19.8 Å². The molecule has 6 nitrogen and oxygen atoms in total. The van der Waals surface area contributed by atoms with Gasteiger partial charge in [0, 0.05) is 12.5 Å². The number of hydrogen-bond donors (Lipinski definition) is 0. The average molecular weight is 526 g/mol. The lowest BCUT2D eigenvalue weighted by Gasteiger charge is -2.44. The molecule has 1 amide bonds. The number of esters is 1. The largest absolute Gasteiger partial charge is 0.469 e. The number of likely N-dealkylation sites (tertiary alicyclic amines) is 1. The Morgan fingerprint density at radius 1 is 0.865 bits per heavy atom. The van der Waals surface area contributed by atoms with Crippen molar-refractivity contribution < 1.29 is 23.5 Å². The number of ether oxygens (including phenoxy) is 2. The lowest BCUT2D eigenvalue weighted by atomic mass is 10.1. The second kappa shape index (κ2) is 11.8. The Morgan fingerprint density at radius 2 is 1.38 bits per heavy atom. The number of benzene rings is 2. The first-order valence-electron chi connectivity index (χ1n) is 13.2. The van der Waals surface area contributed by atoms with Crippen molar-refractivity contribution in [3.63, 3.8) is 0 Å². The lowest BCUT2D eigenvalue weighted by molar-refractivity contribution is -0.141. The molecule has 2 atom stereocenters. The zero-order chi connectivity index (χ0) is 27.3. The van der Waals surface area contributed by atoms with E-state index in [2.05, 4.69) is 69.3 Å². The highest BCUT2D eigenvalue weighted by atomic mass is 28.4. The van der Waals surface area contributed by atoms with E-state index >= 15 is 0 Å². The van der Waals surface area contributed by atoms with E-state index in [0.29, 0.717) is 13.0 Å². The molecule has 1 aliphatic rings. The van der Waals surface area contributed by atoms with Gasteiger partial charge in [0.15, 0.2) is 0 Å². The molecule has 0 saturated carbocycles. The molecule has 0 N–H and O–H groups in total. The number of hydrogen-bond acceptors (Lipinski definition) is 5. The monoisotopic (exact) mass is 525 g/mol. The number of nitrogens with zero attached hydrogens (tertiary/aromatic N) is 1. The van der Waals surface area contributed by atoms with Gasteiger partial charge < -0.3 is 13.9 Å². The molecule has 2 aromatic rings. The van der Waals surface area contributed by atoms with Gasteiger partial charge in [-0.15, -0.1) is 0 Å². The Bertz CT molecular complexity index is 990. The van der Waals surface area contributed by atoms with E-state index in [0.717, 1.165) is 12.8 Å². The van der Waals surface area contributed by atoms with Crippen LogP contribution < -0.4 is 10.4 Å². The van der Waals surface area contributed by atoms with Crippen molar-refractivity contribution in [3.05, 3.63) is 60.7 Å². The zero-order valence-electron chi connectivity index (χ0n) is 23.5. The number of amides is 1. The molecule has 202 valence electrons. The maximum absolute atomic E-state index is 13.4. The molecule has 2 aromatic carbocycles. The van der Waals surface area contributed by atoms with Crippen LogP contribution in [0.25, 0.3) is 0 Å². The Labute approximate surface area is 223 Å². The van der Waals surface area contributed by atoms with Crippen molar-refractivity contribution >= 4 is 30.8 Å². The Kier molecular flexibility index (Phi) is 9.24. The summed E-state index contributed by atoms with van der Waals surface area (Å²) in [5.74, 6) is -0.267. The minimum absolute atomic E-state index is 0.0956. The summed E-state index contributed by atoms with van der Waals surface area (Å²) in [4.78, 5) is 27.1. The zero-order valence-corrected chi connectivity index (χ0v) is 24.5. The highest BCUT2D eigenvalue weighted by molar-refractivity contribution is 6.99. The minimum atomic E-state index is -2.75. The average Bonchev–Trinajstić information content (AvgIpc) is 3.25. The van der Waals surface area contributed by atoms with Gasteiger partial charge in [-0.3, -0.25) is 9.69 Å². The fourth-order valence-corrected chi connectivity index (χ4v) is 9.99. The lowest BCUT2D eigenvalue weighted by Crippen LogP contribution is -2.67. The predicted octanol–water partition coefficient (Wildman–Crippen LogP) is 5.28. The fourth-order valence-electron chi connectivity index (χ4n) is 5.39. The highest BCUT2D eigenvalue weighted by Gasteiger charge is 2.51. The summed E-state index contributed by atoms with van der Waals surface area (Å²) in [6, 6.07) is 20.8. The Hall–Kier alpha value is -2.64. The van der Waals surface area contributed by atoms with Crippen LogP contribution in [0.15, 0.2) is 60.7 Å². The van der Waals surface area contributed by atoms with Gasteiger partial charge in [0.25, 0.3) is 8.32 Å². The van der Waals surface area contributed by atoms with Crippen molar-refractivity contribution in [1.82, 2.24) is 4.90 Å². The topological polar surface area (TPSA) is 65.1 Å². The SMILES string of the molecule is COC(=O)CC[C@@H]1CC[C@@H](CO[Si](c2ccccc2)(c2ccccc2)C(C)(C)C)N1C(=O)OC(C)(C)C. The van der Waals surface area contributed by atoms with Crippen LogP contribution in [-0.4, -0.2) is 56.7 Å². The summed E-state index contributed by atoms with van der Waals surface area (Å²) < 4.78 is 17.8. The van der Waals surface area contributed by atoms with Gasteiger partial charge >= 0.3 is 12.1 Å². The number of methoxy groups -OCH3 is 1. The summed E-state index contributed by atoms with van der Waals surface area (Å²) in [6.45, 7) is 12.8. The van der Waals surface area contributed by atoms with Crippen LogP contribution in [0.1, 0.15) is 67.2 Å². The van der Waals surface area contributed by atoms with Crippen molar-refractivity contribution in [2.45, 2.75) is 89.9 Å². The molecule has 0 bridgehead atoms. The third-order valence-corrected chi connectivity index (χ3v) is 12.0. The van der Waals surface area contributed by atoms with Crippen LogP contribution in [0.2, 0.25) is 5.04 Å². The van der Waals surface area contributed by atoms with Crippen molar-refractivity contribution in [2.24, 2.45) is 0 Å². The number of carbonyl (C=O) groups is 2. The molecule has 1 aliphatic heterocycles. The summed E-state index contributed by atoms with van der Waals surface area (Å²) in [6.07, 6.45) is 2.05. The second-order valence-corrected chi connectivity index (χ2v) is 16.2. The first-order valence-corrected chi connectivity index (χ1v) is 15.1. The Balaban J connectivity index is 1.96. The maximum atomic E-state index is 13.4. The van der Waals surface area contributed by atoms with Crippen LogP contribution in [0, 0.1) is 0 Å². The quantitative estimate of drug-likeness (QED) is 0.346. The second-order valence-electron chi connectivity index (χ2n) is 11.9. The van der Waals surface area contributed by atoms with Crippen LogP contribution >= 0.6 is 0 Å². The third-order valence-electron chi connectivity index (χ3n) is 7.04. The smallest absolute Gasteiger partial charge is 0.410 e. The van der Waals surface area contributed by atoms with Crippen molar-refractivity contribution in [2.75, 3.05) is 13.7 Å².